The first-order valence-electron chi connectivity index (χ1n) is 6.53. The van der Waals surface area contributed by atoms with Crippen molar-refractivity contribution in [3.05, 3.63) is 32.8 Å². The number of likely N-dealkylation sites (N-methyl/N-ethyl adjacent to an activating group) is 1. The molecule has 0 bridgehead atoms. The molecule has 104 valence electrons. The third kappa shape index (κ3) is 3.67. The normalized spacial score (nSPS) is 20.2. The fourth-order valence-corrected chi connectivity index (χ4v) is 2.82. The van der Waals surface area contributed by atoms with Gasteiger partial charge in [-0.25, -0.2) is 0 Å². The van der Waals surface area contributed by atoms with Crippen molar-refractivity contribution in [1.29, 1.82) is 0 Å². The van der Waals surface area contributed by atoms with Crippen LogP contribution in [0.1, 0.15) is 19.8 Å². The first-order valence-corrected chi connectivity index (χ1v) is 7.32. The van der Waals surface area contributed by atoms with Gasteiger partial charge < -0.3 is 10.2 Å². The van der Waals surface area contributed by atoms with E-state index >= 15 is 0 Å². The van der Waals surface area contributed by atoms with Gasteiger partial charge in [-0.15, -0.1) is 0 Å². The highest BCUT2D eigenvalue weighted by molar-refractivity contribution is 9.10. The molecule has 1 atom stereocenters. The molecular weight excluding hydrogens is 310 g/mol. The van der Waals surface area contributed by atoms with E-state index in [0.717, 1.165) is 36.9 Å². The fourth-order valence-electron chi connectivity index (χ4n) is 2.46. The molecule has 1 unspecified atom stereocenters. The van der Waals surface area contributed by atoms with Crippen LogP contribution in [0.4, 0.5) is 11.4 Å². The molecule has 1 N–H and O–H groups in total. The van der Waals surface area contributed by atoms with Gasteiger partial charge in [0.15, 0.2) is 0 Å². The van der Waals surface area contributed by atoms with Crippen molar-refractivity contribution >= 4 is 27.3 Å². The number of rotatable bonds is 4. The Morgan fingerprint density at radius 1 is 1.58 bits per heavy atom. The molecule has 0 aliphatic carbocycles. The molecule has 0 saturated carbocycles. The van der Waals surface area contributed by atoms with Gasteiger partial charge in [0.1, 0.15) is 5.69 Å². The lowest BCUT2D eigenvalue weighted by Crippen LogP contribution is -2.41. The summed E-state index contributed by atoms with van der Waals surface area (Å²) in [4.78, 5) is 13.1. The van der Waals surface area contributed by atoms with Gasteiger partial charge in [-0.2, -0.15) is 0 Å². The quantitative estimate of drug-likeness (QED) is 0.681. The van der Waals surface area contributed by atoms with E-state index < -0.39 is 0 Å². The van der Waals surface area contributed by atoms with E-state index in [1.165, 1.54) is 6.07 Å². The van der Waals surface area contributed by atoms with Gasteiger partial charge in [-0.05, 0) is 38.1 Å². The fraction of sp³-hybridized carbons (Fsp3) is 0.538. The van der Waals surface area contributed by atoms with Gasteiger partial charge in [0, 0.05) is 23.1 Å². The van der Waals surface area contributed by atoms with E-state index in [1.807, 2.05) is 0 Å². The summed E-state index contributed by atoms with van der Waals surface area (Å²) < 4.78 is 0.851. The summed E-state index contributed by atoms with van der Waals surface area (Å²) >= 11 is 3.36. The minimum Gasteiger partial charge on any atom is -0.375 e. The van der Waals surface area contributed by atoms with Gasteiger partial charge in [-0.3, -0.25) is 10.1 Å². The maximum atomic E-state index is 11.0. The molecule has 1 aliphatic heterocycles. The Balaban J connectivity index is 2.13. The lowest BCUT2D eigenvalue weighted by molar-refractivity contribution is -0.384. The van der Waals surface area contributed by atoms with E-state index in [4.69, 9.17) is 0 Å². The smallest absolute Gasteiger partial charge is 0.292 e. The van der Waals surface area contributed by atoms with Crippen LogP contribution in [0, 0.1) is 10.1 Å². The van der Waals surface area contributed by atoms with Crippen LogP contribution in [-0.4, -0.2) is 35.5 Å². The maximum absolute atomic E-state index is 11.0. The maximum Gasteiger partial charge on any atom is 0.292 e. The highest BCUT2D eigenvalue weighted by Crippen LogP contribution is 2.29. The van der Waals surface area contributed by atoms with Gasteiger partial charge in [0.05, 0.1) is 4.92 Å². The SMILES string of the molecule is CCN1CCCC(Nc2cc(Br)ccc2[N+](=O)[O-])C1. The molecule has 1 aromatic rings. The number of nitrogens with one attached hydrogen (secondary N) is 1. The molecule has 0 amide bonds. The number of hydrogen-bond donors (Lipinski definition) is 1. The molecule has 0 aromatic heterocycles. The molecular formula is C13H18BrN3O2. The monoisotopic (exact) mass is 327 g/mol. The number of nitrogens with zero attached hydrogens (tertiary/aromatic N) is 2. The Morgan fingerprint density at radius 3 is 3.05 bits per heavy atom. The summed E-state index contributed by atoms with van der Waals surface area (Å²) in [6.07, 6.45) is 2.19. The molecule has 1 heterocycles. The summed E-state index contributed by atoms with van der Waals surface area (Å²) in [5.41, 5.74) is 0.735. The number of piperidine rings is 1. The number of benzene rings is 1. The van der Waals surface area contributed by atoms with Crippen molar-refractivity contribution in [1.82, 2.24) is 4.90 Å². The molecule has 1 aromatic carbocycles. The van der Waals surface area contributed by atoms with E-state index in [9.17, 15) is 10.1 Å². The number of hydrogen-bond acceptors (Lipinski definition) is 4. The Labute approximate surface area is 121 Å². The molecule has 0 radical (unpaired) electrons. The summed E-state index contributed by atoms with van der Waals surface area (Å²) in [5.74, 6) is 0. The van der Waals surface area contributed by atoms with Crippen LogP contribution in [0.5, 0.6) is 0 Å². The van der Waals surface area contributed by atoms with Gasteiger partial charge >= 0.3 is 0 Å². The molecule has 1 fully saturated rings. The van der Waals surface area contributed by atoms with E-state index in [2.05, 4.69) is 33.1 Å². The van der Waals surface area contributed by atoms with Crippen molar-refractivity contribution in [3.63, 3.8) is 0 Å². The second kappa shape index (κ2) is 6.34. The van der Waals surface area contributed by atoms with Crippen LogP contribution >= 0.6 is 15.9 Å². The van der Waals surface area contributed by atoms with E-state index in [1.54, 1.807) is 12.1 Å². The van der Waals surface area contributed by atoms with Gasteiger partial charge in [-0.1, -0.05) is 22.9 Å². The van der Waals surface area contributed by atoms with Crippen LogP contribution in [0.3, 0.4) is 0 Å². The van der Waals surface area contributed by atoms with Crippen molar-refractivity contribution < 1.29 is 4.92 Å². The first-order chi connectivity index (χ1) is 9.10. The first kappa shape index (κ1) is 14.3. The van der Waals surface area contributed by atoms with Crippen LogP contribution in [0.15, 0.2) is 22.7 Å². The van der Waals surface area contributed by atoms with Crippen molar-refractivity contribution in [2.75, 3.05) is 25.0 Å². The predicted molar refractivity (Wildman–Crippen MR) is 79.6 cm³/mol. The number of halogens is 1. The average molecular weight is 328 g/mol. The number of nitro benzene ring substituents is 1. The van der Waals surface area contributed by atoms with Crippen LogP contribution in [0.25, 0.3) is 0 Å². The Bertz CT molecular complexity index is 467. The summed E-state index contributed by atoms with van der Waals surface area (Å²) in [6.45, 7) is 5.23. The highest BCUT2D eigenvalue weighted by Gasteiger charge is 2.22. The Morgan fingerprint density at radius 2 is 2.37 bits per heavy atom. The molecule has 19 heavy (non-hydrogen) atoms. The number of likely N-dealkylation sites (tertiary alicyclic amines) is 1. The zero-order chi connectivity index (χ0) is 13.8. The highest BCUT2D eigenvalue weighted by atomic mass is 79.9. The van der Waals surface area contributed by atoms with Crippen molar-refractivity contribution in [2.24, 2.45) is 0 Å². The van der Waals surface area contributed by atoms with Crippen molar-refractivity contribution in [3.8, 4) is 0 Å². The molecule has 0 spiro atoms. The molecule has 1 saturated heterocycles. The summed E-state index contributed by atoms with van der Waals surface area (Å²) in [6, 6.07) is 5.29. The third-order valence-electron chi connectivity index (χ3n) is 3.47. The lowest BCUT2D eigenvalue weighted by atomic mass is 10.1. The molecule has 1 aliphatic rings. The van der Waals surface area contributed by atoms with Crippen LogP contribution in [0.2, 0.25) is 0 Å². The third-order valence-corrected chi connectivity index (χ3v) is 3.96. The number of anilines is 1. The van der Waals surface area contributed by atoms with Crippen molar-refractivity contribution in [2.45, 2.75) is 25.8 Å². The topological polar surface area (TPSA) is 58.4 Å². The number of nitro groups is 1. The second-order valence-corrected chi connectivity index (χ2v) is 5.71. The van der Waals surface area contributed by atoms with Crippen LogP contribution in [-0.2, 0) is 0 Å². The van der Waals surface area contributed by atoms with E-state index in [-0.39, 0.29) is 16.7 Å². The minimum atomic E-state index is -0.338. The largest absolute Gasteiger partial charge is 0.375 e. The minimum absolute atomic E-state index is 0.136. The Hall–Kier alpha value is -1.14. The van der Waals surface area contributed by atoms with E-state index in [0.29, 0.717) is 5.69 Å². The van der Waals surface area contributed by atoms with Crippen LogP contribution < -0.4 is 5.32 Å². The zero-order valence-corrected chi connectivity index (χ0v) is 12.5. The second-order valence-electron chi connectivity index (χ2n) is 4.80. The lowest BCUT2D eigenvalue weighted by Gasteiger charge is -2.32. The summed E-state index contributed by atoms with van der Waals surface area (Å²) in [5, 5.41) is 14.4. The summed E-state index contributed by atoms with van der Waals surface area (Å²) in [7, 11) is 0. The standard InChI is InChI=1S/C13H18BrN3O2/c1-2-16-7-3-4-11(9-16)15-12-8-10(14)5-6-13(12)17(18)19/h5-6,8,11,15H,2-4,7,9H2,1H3. The van der Waals surface area contributed by atoms with Gasteiger partial charge in [0.2, 0.25) is 0 Å². The molecule has 2 rings (SSSR count). The average Bonchev–Trinajstić information content (AvgIpc) is 2.38. The zero-order valence-electron chi connectivity index (χ0n) is 10.9. The molecule has 5 nitrogen and oxygen atoms in total. The molecule has 6 heteroatoms. The Kier molecular flexibility index (Phi) is 4.76. The van der Waals surface area contributed by atoms with Gasteiger partial charge in [0.25, 0.3) is 5.69 Å². The predicted octanol–water partition coefficient (Wildman–Crippen LogP) is 3.25.